The van der Waals surface area contributed by atoms with E-state index in [2.05, 4.69) is 9.72 Å². The Bertz CT molecular complexity index is 325. The van der Waals surface area contributed by atoms with Gasteiger partial charge in [0.05, 0.1) is 19.6 Å². The van der Waals surface area contributed by atoms with E-state index in [1.54, 1.807) is 18.5 Å². The van der Waals surface area contributed by atoms with Crippen LogP contribution in [0.2, 0.25) is 0 Å². The van der Waals surface area contributed by atoms with Gasteiger partial charge in [-0.3, -0.25) is 9.78 Å². The number of aryl methyl sites for hydroxylation is 1. The van der Waals surface area contributed by atoms with Crippen LogP contribution >= 0.6 is 0 Å². The number of rotatable bonds is 3. The molecule has 0 amide bonds. The largest absolute Gasteiger partial charge is 0.469 e. The van der Waals surface area contributed by atoms with Crippen LogP contribution in [0.25, 0.3) is 0 Å². The summed E-state index contributed by atoms with van der Waals surface area (Å²) in [6.45, 7) is 1.86. The molecule has 0 saturated heterocycles. The Kier molecular flexibility index (Phi) is 3.59. The topological polar surface area (TPSA) is 59.4 Å². The molecule has 14 heavy (non-hydrogen) atoms. The normalized spacial score (nSPS) is 12.2. The molecular weight excluding hydrogens is 182 g/mol. The lowest BCUT2D eigenvalue weighted by molar-refractivity contribution is -0.142. The van der Waals surface area contributed by atoms with Gasteiger partial charge in [-0.15, -0.1) is 0 Å². The number of carbonyl (C=O) groups excluding carboxylic acids is 1. The summed E-state index contributed by atoms with van der Waals surface area (Å²) < 4.78 is 4.46. The van der Waals surface area contributed by atoms with Gasteiger partial charge in [0.15, 0.2) is 0 Å². The summed E-state index contributed by atoms with van der Waals surface area (Å²) in [5.41, 5.74) is 1.58. The van der Waals surface area contributed by atoms with Gasteiger partial charge in [0.1, 0.15) is 0 Å². The number of nitrogens with zero attached hydrogens (tertiary/aromatic N) is 1. The Morgan fingerprint density at radius 1 is 1.71 bits per heavy atom. The lowest BCUT2D eigenvalue weighted by Gasteiger charge is -2.11. The average molecular weight is 195 g/mol. The van der Waals surface area contributed by atoms with E-state index in [9.17, 15) is 9.90 Å². The fraction of sp³-hybridized carbons (Fsp3) is 0.400. The molecule has 1 atom stereocenters. The van der Waals surface area contributed by atoms with Crippen LogP contribution < -0.4 is 0 Å². The summed E-state index contributed by atoms with van der Waals surface area (Å²) in [6, 6.07) is 1.79. The van der Waals surface area contributed by atoms with Crippen molar-refractivity contribution in [3.8, 4) is 0 Å². The summed E-state index contributed by atoms with van der Waals surface area (Å²) in [4.78, 5) is 14.8. The molecule has 0 spiro atoms. The number of esters is 1. The number of aliphatic hydroxyl groups is 1. The highest BCUT2D eigenvalue weighted by atomic mass is 16.5. The molecular formula is C10H13NO3. The van der Waals surface area contributed by atoms with E-state index in [1.807, 2.05) is 6.92 Å². The van der Waals surface area contributed by atoms with Crippen molar-refractivity contribution in [1.29, 1.82) is 0 Å². The van der Waals surface area contributed by atoms with Gasteiger partial charge in [0.2, 0.25) is 0 Å². The van der Waals surface area contributed by atoms with E-state index in [-0.39, 0.29) is 6.42 Å². The van der Waals surface area contributed by atoms with Crippen LogP contribution in [-0.2, 0) is 9.53 Å². The minimum absolute atomic E-state index is 0.0387. The van der Waals surface area contributed by atoms with Gasteiger partial charge in [0, 0.05) is 18.0 Å². The molecule has 1 aromatic rings. The van der Waals surface area contributed by atoms with Gasteiger partial charge < -0.3 is 9.84 Å². The van der Waals surface area contributed by atoms with Crippen molar-refractivity contribution < 1.29 is 14.6 Å². The smallest absolute Gasteiger partial charge is 0.308 e. The van der Waals surface area contributed by atoms with Crippen LogP contribution in [0.4, 0.5) is 0 Å². The third kappa shape index (κ3) is 2.53. The molecule has 76 valence electrons. The van der Waals surface area contributed by atoms with Crippen molar-refractivity contribution in [2.45, 2.75) is 19.4 Å². The standard InChI is InChI=1S/C10H13NO3/c1-7-3-4-11-6-8(7)9(12)5-10(13)14-2/h3-4,6,9,12H,5H2,1-2H3. The first-order valence-electron chi connectivity index (χ1n) is 4.30. The number of pyridine rings is 1. The zero-order valence-corrected chi connectivity index (χ0v) is 8.23. The summed E-state index contributed by atoms with van der Waals surface area (Å²) in [5, 5.41) is 9.66. The summed E-state index contributed by atoms with van der Waals surface area (Å²) in [5.74, 6) is -0.430. The van der Waals surface area contributed by atoms with Crippen molar-refractivity contribution >= 4 is 5.97 Å². The lowest BCUT2D eigenvalue weighted by Crippen LogP contribution is -2.09. The van der Waals surface area contributed by atoms with Crippen molar-refractivity contribution in [2.75, 3.05) is 7.11 Å². The zero-order valence-electron chi connectivity index (χ0n) is 8.23. The second-order valence-electron chi connectivity index (χ2n) is 3.03. The number of hydrogen-bond acceptors (Lipinski definition) is 4. The monoisotopic (exact) mass is 195 g/mol. The highest BCUT2D eigenvalue weighted by Crippen LogP contribution is 2.19. The third-order valence-corrected chi connectivity index (χ3v) is 2.03. The number of carbonyl (C=O) groups is 1. The molecule has 4 nitrogen and oxygen atoms in total. The van der Waals surface area contributed by atoms with E-state index in [4.69, 9.17) is 0 Å². The SMILES string of the molecule is COC(=O)CC(O)c1cnccc1C. The fourth-order valence-corrected chi connectivity index (χ4v) is 1.18. The van der Waals surface area contributed by atoms with Crippen molar-refractivity contribution in [3.05, 3.63) is 29.6 Å². The van der Waals surface area contributed by atoms with E-state index in [1.165, 1.54) is 7.11 Å². The Hall–Kier alpha value is -1.42. The molecule has 0 aliphatic rings. The first-order chi connectivity index (χ1) is 6.65. The maximum atomic E-state index is 10.9. The van der Waals surface area contributed by atoms with Gasteiger partial charge in [-0.05, 0) is 18.6 Å². The highest BCUT2D eigenvalue weighted by molar-refractivity contribution is 5.70. The minimum atomic E-state index is -0.837. The van der Waals surface area contributed by atoms with Gasteiger partial charge in [-0.2, -0.15) is 0 Å². The Balaban J connectivity index is 2.74. The summed E-state index contributed by atoms with van der Waals surface area (Å²) in [7, 11) is 1.30. The van der Waals surface area contributed by atoms with Gasteiger partial charge >= 0.3 is 5.97 Å². The van der Waals surface area contributed by atoms with Crippen molar-refractivity contribution in [1.82, 2.24) is 4.98 Å². The Labute approximate surface area is 82.5 Å². The molecule has 1 aromatic heterocycles. The number of hydrogen-bond donors (Lipinski definition) is 1. The molecule has 1 N–H and O–H groups in total. The van der Waals surface area contributed by atoms with E-state index in [0.717, 1.165) is 5.56 Å². The molecule has 1 heterocycles. The maximum absolute atomic E-state index is 10.9. The molecule has 0 radical (unpaired) electrons. The molecule has 0 bridgehead atoms. The Morgan fingerprint density at radius 3 is 3.00 bits per heavy atom. The van der Waals surface area contributed by atoms with Gasteiger partial charge in [-0.1, -0.05) is 0 Å². The van der Waals surface area contributed by atoms with Gasteiger partial charge in [0.25, 0.3) is 0 Å². The number of ether oxygens (including phenoxy) is 1. The number of aliphatic hydroxyl groups excluding tert-OH is 1. The van der Waals surface area contributed by atoms with E-state index < -0.39 is 12.1 Å². The minimum Gasteiger partial charge on any atom is -0.469 e. The highest BCUT2D eigenvalue weighted by Gasteiger charge is 2.14. The average Bonchev–Trinajstić information content (AvgIpc) is 2.18. The van der Waals surface area contributed by atoms with E-state index in [0.29, 0.717) is 5.56 Å². The maximum Gasteiger partial charge on any atom is 0.308 e. The predicted octanol–water partition coefficient (Wildman–Crippen LogP) is 0.987. The van der Waals surface area contributed by atoms with Crippen LogP contribution in [0.1, 0.15) is 23.7 Å². The summed E-state index contributed by atoms with van der Waals surface area (Å²) in [6.07, 6.45) is 2.33. The molecule has 0 aliphatic carbocycles. The molecule has 1 unspecified atom stereocenters. The quantitative estimate of drug-likeness (QED) is 0.730. The molecule has 1 rings (SSSR count). The van der Waals surface area contributed by atoms with Gasteiger partial charge in [-0.25, -0.2) is 0 Å². The fourth-order valence-electron chi connectivity index (χ4n) is 1.18. The predicted molar refractivity (Wildman–Crippen MR) is 50.6 cm³/mol. The Morgan fingerprint density at radius 2 is 2.43 bits per heavy atom. The first kappa shape index (κ1) is 10.7. The van der Waals surface area contributed by atoms with Crippen molar-refractivity contribution in [2.24, 2.45) is 0 Å². The van der Waals surface area contributed by atoms with Crippen LogP contribution in [-0.4, -0.2) is 23.2 Å². The summed E-state index contributed by atoms with van der Waals surface area (Å²) >= 11 is 0. The molecule has 0 aliphatic heterocycles. The number of aromatic nitrogens is 1. The molecule has 0 aromatic carbocycles. The van der Waals surface area contributed by atoms with Crippen LogP contribution in [0.15, 0.2) is 18.5 Å². The third-order valence-electron chi connectivity index (χ3n) is 2.03. The van der Waals surface area contributed by atoms with Crippen LogP contribution in [0.3, 0.4) is 0 Å². The van der Waals surface area contributed by atoms with Crippen LogP contribution in [0, 0.1) is 6.92 Å². The molecule has 0 saturated carbocycles. The lowest BCUT2D eigenvalue weighted by atomic mass is 10.0. The second-order valence-corrected chi connectivity index (χ2v) is 3.03. The molecule has 0 fully saturated rings. The first-order valence-corrected chi connectivity index (χ1v) is 4.30. The second kappa shape index (κ2) is 4.72. The molecule has 4 heteroatoms. The number of methoxy groups -OCH3 is 1. The van der Waals surface area contributed by atoms with Crippen LogP contribution in [0.5, 0.6) is 0 Å². The van der Waals surface area contributed by atoms with Crippen molar-refractivity contribution in [3.63, 3.8) is 0 Å². The van der Waals surface area contributed by atoms with E-state index >= 15 is 0 Å². The zero-order chi connectivity index (χ0) is 10.6.